The molecule has 0 bridgehead atoms. The van der Waals surface area contributed by atoms with Crippen LogP contribution in [0.3, 0.4) is 0 Å². The third-order valence-corrected chi connectivity index (χ3v) is 4.78. The van der Waals surface area contributed by atoms with Crippen molar-refractivity contribution >= 4 is 18.2 Å². The number of hydrogen-bond donors (Lipinski definition) is 1. The van der Waals surface area contributed by atoms with Gasteiger partial charge in [-0.25, -0.2) is 0 Å². The zero-order chi connectivity index (χ0) is 16.3. The summed E-state index contributed by atoms with van der Waals surface area (Å²) < 4.78 is 0. The zero-order valence-corrected chi connectivity index (χ0v) is 14.8. The van der Waals surface area contributed by atoms with Gasteiger partial charge in [-0.05, 0) is 37.1 Å². The fourth-order valence-electron chi connectivity index (χ4n) is 3.51. The predicted octanol–water partition coefficient (Wildman–Crippen LogP) is 4.05. The van der Waals surface area contributed by atoms with Crippen LogP contribution in [0.4, 0.5) is 0 Å². The third kappa shape index (κ3) is 4.16. The van der Waals surface area contributed by atoms with Gasteiger partial charge < -0.3 is 5.11 Å². The Morgan fingerprint density at radius 1 is 1.17 bits per heavy atom. The fourth-order valence-corrected chi connectivity index (χ4v) is 3.51. The average molecular weight is 346 g/mol. The van der Waals surface area contributed by atoms with Gasteiger partial charge in [0.25, 0.3) is 0 Å². The molecule has 0 saturated carbocycles. The molecule has 0 amide bonds. The number of likely N-dealkylation sites (tertiary alicyclic amines) is 1. The Morgan fingerprint density at radius 3 is 2.62 bits per heavy atom. The van der Waals surface area contributed by atoms with Gasteiger partial charge >= 0.3 is 0 Å². The standard InChI is InChI=1S/C20H23NO2.ClH/c1-20(17-9-5-10-18(22)13-17)11-6-12-21(15-20)14-19(23)16-7-3-2-4-8-16;/h2-5,7-10,13,22H,6,11-12,14-15H2,1H3;1H. The molecule has 1 aliphatic heterocycles. The van der Waals surface area contributed by atoms with Crippen LogP contribution >= 0.6 is 12.4 Å². The first-order valence-electron chi connectivity index (χ1n) is 8.17. The first-order valence-corrected chi connectivity index (χ1v) is 8.17. The number of piperidine rings is 1. The maximum absolute atomic E-state index is 12.4. The van der Waals surface area contributed by atoms with Crippen LogP contribution in [0.25, 0.3) is 0 Å². The van der Waals surface area contributed by atoms with E-state index in [0.29, 0.717) is 12.3 Å². The topological polar surface area (TPSA) is 40.5 Å². The van der Waals surface area contributed by atoms with Gasteiger partial charge in [-0.15, -0.1) is 12.4 Å². The van der Waals surface area contributed by atoms with Crippen molar-refractivity contribution in [3.8, 4) is 5.75 Å². The molecule has 1 aliphatic rings. The molecule has 3 rings (SSSR count). The summed E-state index contributed by atoms with van der Waals surface area (Å²) >= 11 is 0. The van der Waals surface area contributed by atoms with E-state index < -0.39 is 0 Å². The quantitative estimate of drug-likeness (QED) is 0.850. The predicted molar refractivity (Wildman–Crippen MR) is 99.2 cm³/mol. The zero-order valence-electron chi connectivity index (χ0n) is 13.9. The summed E-state index contributed by atoms with van der Waals surface area (Å²) in [6.45, 7) is 4.47. The summed E-state index contributed by atoms with van der Waals surface area (Å²) in [6, 6.07) is 17.0. The molecular formula is C20H24ClNO2. The van der Waals surface area contributed by atoms with E-state index in [1.807, 2.05) is 42.5 Å². The number of aromatic hydroxyl groups is 1. The number of benzene rings is 2. The number of nitrogens with zero attached hydrogens (tertiary/aromatic N) is 1. The van der Waals surface area contributed by atoms with Crippen LogP contribution in [0.15, 0.2) is 54.6 Å². The molecule has 2 aromatic carbocycles. The number of carbonyl (C=O) groups is 1. The molecule has 0 aliphatic carbocycles. The number of Topliss-reactive ketones (excluding diaryl/α,β-unsaturated/α-hetero) is 1. The van der Waals surface area contributed by atoms with E-state index in [1.54, 1.807) is 6.07 Å². The Labute approximate surface area is 149 Å². The van der Waals surface area contributed by atoms with Crippen LogP contribution in [0.5, 0.6) is 5.75 Å². The number of phenols is 1. The second kappa shape index (κ2) is 7.82. The summed E-state index contributed by atoms with van der Waals surface area (Å²) in [4.78, 5) is 14.7. The maximum Gasteiger partial charge on any atom is 0.176 e. The van der Waals surface area contributed by atoms with Gasteiger partial charge in [0.2, 0.25) is 0 Å². The Hall–Kier alpha value is -1.84. The highest BCUT2D eigenvalue weighted by molar-refractivity contribution is 5.97. The Bertz CT molecular complexity index is 689. The van der Waals surface area contributed by atoms with Crippen LogP contribution in [0, 0.1) is 0 Å². The molecule has 128 valence electrons. The third-order valence-electron chi connectivity index (χ3n) is 4.78. The van der Waals surface area contributed by atoms with Crippen LogP contribution in [-0.4, -0.2) is 35.4 Å². The molecule has 1 fully saturated rings. The molecule has 0 aromatic heterocycles. The smallest absolute Gasteiger partial charge is 0.176 e. The van der Waals surface area contributed by atoms with Gasteiger partial charge in [0.05, 0.1) is 6.54 Å². The number of hydrogen-bond acceptors (Lipinski definition) is 3. The van der Waals surface area contributed by atoms with E-state index in [0.717, 1.165) is 37.1 Å². The summed E-state index contributed by atoms with van der Waals surface area (Å²) in [5.74, 6) is 0.479. The summed E-state index contributed by atoms with van der Waals surface area (Å²) in [7, 11) is 0. The molecule has 24 heavy (non-hydrogen) atoms. The number of halogens is 1. The normalized spacial score (nSPS) is 21.0. The van der Waals surface area contributed by atoms with E-state index >= 15 is 0 Å². The minimum absolute atomic E-state index is 0. The van der Waals surface area contributed by atoms with E-state index in [9.17, 15) is 9.90 Å². The molecule has 3 nitrogen and oxygen atoms in total. The van der Waals surface area contributed by atoms with Crippen molar-refractivity contribution in [1.82, 2.24) is 4.90 Å². The van der Waals surface area contributed by atoms with E-state index in [4.69, 9.17) is 0 Å². The minimum Gasteiger partial charge on any atom is -0.508 e. The molecule has 1 N–H and O–H groups in total. The lowest BCUT2D eigenvalue weighted by molar-refractivity contribution is 0.0871. The lowest BCUT2D eigenvalue weighted by Crippen LogP contribution is -2.46. The highest BCUT2D eigenvalue weighted by Gasteiger charge is 2.33. The monoisotopic (exact) mass is 345 g/mol. The Balaban J connectivity index is 0.00000208. The van der Waals surface area contributed by atoms with Crippen LogP contribution in [-0.2, 0) is 5.41 Å². The molecule has 1 saturated heterocycles. The Morgan fingerprint density at radius 2 is 1.92 bits per heavy atom. The van der Waals surface area contributed by atoms with Crippen LogP contribution in [0.1, 0.15) is 35.7 Å². The minimum atomic E-state index is -0.0199. The SMILES string of the molecule is CC1(c2cccc(O)c2)CCCN(CC(=O)c2ccccc2)C1.Cl. The van der Waals surface area contributed by atoms with Crippen molar-refractivity contribution in [2.24, 2.45) is 0 Å². The molecule has 2 aromatic rings. The number of phenolic OH excluding ortho intramolecular Hbond substituents is 1. The molecule has 0 spiro atoms. The van der Waals surface area contributed by atoms with Gasteiger partial charge in [-0.2, -0.15) is 0 Å². The van der Waals surface area contributed by atoms with E-state index in [-0.39, 0.29) is 23.6 Å². The largest absolute Gasteiger partial charge is 0.508 e. The lowest BCUT2D eigenvalue weighted by atomic mass is 9.76. The highest BCUT2D eigenvalue weighted by Crippen LogP contribution is 2.35. The second-order valence-corrected chi connectivity index (χ2v) is 6.71. The van der Waals surface area contributed by atoms with Gasteiger partial charge in [0.1, 0.15) is 5.75 Å². The van der Waals surface area contributed by atoms with E-state index in [2.05, 4.69) is 17.9 Å². The van der Waals surface area contributed by atoms with Gasteiger partial charge in [0, 0.05) is 17.5 Å². The summed E-state index contributed by atoms with van der Waals surface area (Å²) in [5.41, 5.74) is 1.90. The molecule has 0 radical (unpaired) electrons. The molecule has 1 atom stereocenters. The summed E-state index contributed by atoms with van der Waals surface area (Å²) in [5, 5.41) is 9.75. The van der Waals surface area contributed by atoms with Crippen molar-refractivity contribution in [2.75, 3.05) is 19.6 Å². The van der Waals surface area contributed by atoms with Crippen LogP contribution in [0.2, 0.25) is 0 Å². The van der Waals surface area contributed by atoms with Gasteiger partial charge in [0.15, 0.2) is 5.78 Å². The highest BCUT2D eigenvalue weighted by atomic mass is 35.5. The van der Waals surface area contributed by atoms with Crippen molar-refractivity contribution in [3.63, 3.8) is 0 Å². The summed E-state index contributed by atoms with van der Waals surface area (Å²) in [6.07, 6.45) is 2.14. The van der Waals surface area contributed by atoms with Crippen molar-refractivity contribution in [3.05, 3.63) is 65.7 Å². The molecule has 1 heterocycles. The van der Waals surface area contributed by atoms with Crippen molar-refractivity contribution in [2.45, 2.75) is 25.2 Å². The lowest BCUT2D eigenvalue weighted by Gasteiger charge is -2.40. The van der Waals surface area contributed by atoms with Gasteiger partial charge in [-0.3, -0.25) is 9.69 Å². The number of ketones is 1. The molecule has 1 unspecified atom stereocenters. The Kier molecular flexibility index (Phi) is 6.03. The van der Waals surface area contributed by atoms with Crippen LogP contribution < -0.4 is 0 Å². The fraction of sp³-hybridized carbons (Fsp3) is 0.350. The average Bonchev–Trinajstić information content (AvgIpc) is 2.56. The first-order chi connectivity index (χ1) is 11.1. The number of carbonyl (C=O) groups excluding carboxylic acids is 1. The first kappa shape index (κ1) is 18.5. The molecule has 4 heteroatoms. The maximum atomic E-state index is 12.4. The number of rotatable bonds is 4. The van der Waals surface area contributed by atoms with Gasteiger partial charge in [-0.1, -0.05) is 49.4 Å². The van der Waals surface area contributed by atoms with Crippen molar-refractivity contribution < 1.29 is 9.90 Å². The van der Waals surface area contributed by atoms with E-state index in [1.165, 1.54) is 0 Å². The van der Waals surface area contributed by atoms with Crippen molar-refractivity contribution in [1.29, 1.82) is 0 Å². The second-order valence-electron chi connectivity index (χ2n) is 6.71. The molecular weight excluding hydrogens is 322 g/mol.